The number of aromatic nitrogens is 2. The first-order valence-electron chi connectivity index (χ1n) is 19.4. The number of pyridine rings is 1. The summed E-state index contributed by atoms with van der Waals surface area (Å²) >= 11 is 0. The quantitative estimate of drug-likeness (QED) is 0.171. The molecule has 56 heavy (non-hydrogen) atoms. The highest BCUT2D eigenvalue weighted by Gasteiger charge is 2.38. The van der Waals surface area contributed by atoms with Crippen molar-refractivity contribution >= 4 is 33.2 Å². The van der Waals surface area contributed by atoms with E-state index in [0.29, 0.717) is 5.92 Å². The van der Waals surface area contributed by atoms with E-state index in [0.717, 1.165) is 39.3 Å². The topological polar surface area (TPSA) is 21.1 Å². The number of anilines is 2. The fourth-order valence-corrected chi connectivity index (χ4v) is 8.93. The van der Waals surface area contributed by atoms with Gasteiger partial charge in [-0.1, -0.05) is 164 Å². The van der Waals surface area contributed by atoms with Crippen LogP contribution in [0.3, 0.4) is 0 Å². The van der Waals surface area contributed by atoms with Crippen LogP contribution in [0.25, 0.3) is 72.3 Å². The Morgan fingerprint density at radius 3 is 1.66 bits per heavy atom. The predicted molar refractivity (Wildman–Crippen MR) is 234 cm³/mol. The molecular formula is C53H37N3. The highest BCUT2D eigenvalue weighted by molar-refractivity contribution is 6.09. The van der Waals surface area contributed by atoms with Gasteiger partial charge in [0.25, 0.3) is 0 Å². The average Bonchev–Trinajstić information content (AvgIpc) is 3.80. The molecule has 2 unspecified atom stereocenters. The van der Waals surface area contributed by atoms with Gasteiger partial charge < -0.3 is 9.47 Å². The van der Waals surface area contributed by atoms with E-state index in [1.165, 1.54) is 49.9 Å². The van der Waals surface area contributed by atoms with Crippen LogP contribution in [0.4, 0.5) is 11.4 Å². The van der Waals surface area contributed by atoms with Gasteiger partial charge in [0.15, 0.2) is 0 Å². The van der Waals surface area contributed by atoms with E-state index in [-0.39, 0.29) is 6.04 Å². The van der Waals surface area contributed by atoms with E-state index in [9.17, 15) is 0 Å². The molecule has 0 saturated carbocycles. The number of allylic oxidation sites excluding steroid dienone is 2. The summed E-state index contributed by atoms with van der Waals surface area (Å²) in [6.45, 7) is 0. The number of para-hydroxylation sites is 3. The van der Waals surface area contributed by atoms with Gasteiger partial charge in [-0.2, -0.15) is 0 Å². The summed E-state index contributed by atoms with van der Waals surface area (Å²) in [7, 11) is 0. The van der Waals surface area contributed by atoms with E-state index in [2.05, 4.69) is 222 Å². The Morgan fingerprint density at radius 2 is 0.982 bits per heavy atom. The molecule has 0 fully saturated rings. The van der Waals surface area contributed by atoms with Crippen LogP contribution in [0.15, 0.2) is 212 Å². The molecule has 3 heteroatoms. The number of benzene rings is 7. The first kappa shape index (κ1) is 32.2. The van der Waals surface area contributed by atoms with Crippen molar-refractivity contribution in [2.75, 3.05) is 4.90 Å². The lowest BCUT2D eigenvalue weighted by atomic mass is 9.91. The van der Waals surface area contributed by atoms with Gasteiger partial charge in [-0.05, 0) is 70.8 Å². The lowest BCUT2D eigenvalue weighted by molar-refractivity contribution is 0.745. The summed E-state index contributed by atoms with van der Waals surface area (Å²) in [5, 5.41) is 2.52. The first-order chi connectivity index (χ1) is 27.8. The number of fused-ring (bicyclic) bond motifs is 6. The molecule has 2 atom stereocenters. The second-order valence-electron chi connectivity index (χ2n) is 14.7. The molecule has 9 aromatic rings. The van der Waals surface area contributed by atoms with Crippen LogP contribution in [0.1, 0.15) is 11.5 Å². The normalized spacial score (nSPS) is 15.7. The molecule has 0 N–H and O–H groups in total. The Kier molecular flexibility index (Phi) is 7.63. The number of nitrogens with zero attached hydrogens (tertiary/aromatic N) is 3. The molecule has 7 aromatic carbocycles. The lowest BCUT2D eigenvalue weighted by Gasteiger charge is -2.31. The molecular weight excluding hydrogens is 679 g/mol. The smallest absolute Gasteiger partial charge is 0.0715 e. The summed E-state index contributed by atoms with van der Waals surface area (Å²) in [6, 6.07) is 68.1. The van der Waals surface area contributed by atoms with Gasteiger partial charge in [-0.15, -0.1) is 0 Å². The Balaban J connectivity index is 1.09. The van der Waals surface area contributed by atoms with Crippen molar-refractivity contribution < 1.29 is 0 Å². The molecule has 2 aromatic heterocycles. The van der Waals surface area contributed by atoms with Gasteiger partial charge in [0.2, 0.25) is 0 Å². The van der Waals surface area contributed by atoms with Crippen LogP contribution in [-0.2, 0) is 0 Å². The molecule has 2 aliphatic rings. The van der Waals surface area contributed by atoms with Crippen molar-refractivity contribution in [3.05, 3.63) is 218 Å². The van der Waals surface area contributed by atoms with Gasteiger partial charge in [-0.3, -0.25) is 0 Å². The van der Waals surface area contributed by atoms with Crippen LogP contribution >= 0.6 is 0 Å². The fourth-order valence-electron chi connectivity index (χ4n) is 8.93. The molecule has 3 nitrogen and oxygen atoms in total. The second-order valence-corrected chi connectivity index (χ2v) is 14.7. The zero-order chi connectivity index (χ0) is 37.0. The molecule has 0 bridgehead atoms. The third-order valence-electron chi connectivity index (χ3n) is 11.5. The van der Waals surface area contributed by atoms with E-state index >= 15 is 0 Å². The highest BCUT2D eigenvalue weighted by Crippen LogP contribution is 2.50. The zero-order valence-corrected chi connectivity index (χ0v) is 30.7. The summed E-state index contributed by atoms with van der Waals surface area (Å²) in [4.78, 5) is 7.69. The van der Waals surface area contributed by atoms with Gasteiger partial charge >= 0.3 is 0 Å². The van der Waals surface area contributed by atoms with E-state index in [1.54, 1.807) is 0 Å². The molecule has 264 valence electrons. The Labute approximate surface area is 326 Å². The zero-order valence-electron chi connectivity index (χ0n) is 30.7. The average molecular weight is 716 g/mol. The van der Waals surface area contributed by atoms with Crippen molar-refractivity contribution in [1.82, 2.24) is 9.55 Å². The Morgan fingerprint density at radius 1 is 0.411 bits per heavy atom. The lowest BCUT2D eigenvalue weighted by Crippen LogP contribution is -2.29. The van der Waals surface area contributed by atoms with Gasteiger partial charge in [-0.25, -0.2) is 4.98 Å². The van der Waals surface area contributed by atoms with Crippen LogP contribution in [0, 0.1) is 0 Å². The van der Waals surface area contributed by atoms with Crippen molar-refractivity contribution in [1.29, 1.82) is 0 Å². The molecule has 1 aliphatic carbocycles. The maximum absolute atomic E-state index is 5.13. The molecule has 0 spiro atoms. The standard InChI is InChI=1S/C53H37N3/c1-3-15-38(16-4-1)47-33-40(34-48(54-47)39-17-5-2-6-18-39)36-27-29-37(30-28-36)46-35-41(55-49-23-11-7-19-42(49)43-20-8-12-24-50(43)55)31-32-53(46)56-51-25-13-9-21-44(51)45-22-10-14-26-52(45)56/h1-35,44,51H. The van der Waals surface area contributed by atoms with Crippen molar-refractivity contribution in [2.45, 2.75) is 12.0 Å². The predicted octanol–water partition coefficient (Wildman–Crippen LogP) is 13.6. The van der Waals surface area contributed by atoms with Crippen LogP contribution in [-0.4, -0.2) is 15.6 Å². The fraction of sp³-hybridized carbons (Fsp3) is 0.0377. The van der Waals surface area contributed by atoms with Crippen molar-refractivity contribution in [2.24, 2.45) is 0 Å². The minimum absolute atomic E-state index is 0.194. The van der Waals surface area contributed by atoms with E-state index in [1.807, 2.05) is 0 Å². The minimum atomic E-state index is 0.194. The SMILES string of the molecule is C1=CC2c3ccccc3N(c3ccc(-n4c5ccccc5c5ccccc54)cc3-c3ccc(-c4cc(-c5ccccc5)nc(-c5ccccc5)c4)cc3)C2C=C1. The number of rotatable bonds is 6. The summed E-state index contributed by atoms with van der Waals surface area (Å²) in [5.74, 6) is 0.299. The summed E-state index contributed by atoms with van der Waals surface area (Å²) in [6.07, 6.45) is 9.10. The minimum Gasteiger partial charge on any atom is -0.333 e. The Hall–Kier alpha value is -7.23. The molecule has 0 saturated heterocycles. The van der Waals surface area contributed by atoms with E-state index < -0.39 is 0 Å². The molecule has 3 heterocycles. The van der Waals surface area contributed by atoms with Gasteiger partial charge in [0, 0.05) is 50.4 Å². The third kappa shape index (κ3) is 5.32. The number of hydrogen-bond donors (Lipinski definition) is 0. The summed E-state index contributed by atoms with van der Waals surface area (Å²) in [5.41, 5.74) is 16.2. The largest absolute Gasteiger partial charge is 0.333 e. The molecule has 11 rings (SSSR count). The highest BCUT2D eigenvalue weighted by atomic mass is 15.2. The third-order valence-corrected chi connectivity index (χ3v) is 11.5. The molecule has 0 amide bonds. The second kappa shape index (κ2) is 13.3. The summed E-state index contributed by atoms with van der Waals surface area (Å²) < 4.78 is 2.42. The maximum atomic E-state index is 5.13. The van der Waals surface area contributed by atoms with Crippen LogP contribution in [0.2, 0.25) is 0 Å². The van der Waals surface area contributed by atoms with Gasteiger partial charge in [0.1, 0.15) is 0 Å². The molecule has 1 aliphatic heterocycles. The van der Waals surface area contributed by atoms with E-state index in [4.69, 9.17) is 4.98 Å². The van der Waals surface area contributed by atoms with Crippen LogP contribution in [0.5, 0.6) is 0 Å². The number of hydrogen-bond acceptors (Lipinski definition) is 2. The van der Waals surface area contributed by atoms with Crippen molar-refractivity contribution in [3.8, 4) is 50.5 Å². The maximum Gasteiger partial charge on any atom is 0.0715 e. The van der Waals surface area contributed by atoms with Crippen LogP contribution < -0.4 is 4.90 Å². The molecule has 0 radical (unpaired) electrons. The first-order valence-corrected chi connectivity index (χ1v) is 19.4. The van der Waals surface area contributed by atoms with Crippen molar-refractivity contribution in [3.63, 3.8) is 0 Å². The van der Waals surface area contributed by atoms with Gasteiger partial charge in [0.05, 0.1) is 28.5 Å². The Bertz CT molecular complexity index is 2860. The monoisotopic (exact) mass is 715 g/mol.